The third kappa shape index (κ3) is 3.50. The van der Waals surface area contributed by atoms with Gasteiger partial charge < -0.3 is 9.64 Å². The second-order valence-corrected chi connectivity index (χ2v) is 4.95. The normalized spacial score (nSPS) is 23.9. The fraction of sp³-hybridized carbons (Fsp3) is 0.667. The van der Waals surface area contributed by atoms with E-state index in [1.165, 1.54) is 0 Å². The van der Waals surface area contributed by atoms with Gasteiger partial charge in [-0.25, -0.2) is 0 Å². The third-order valence-corrected chi connectivity index (χ3v) is 3.00. The number of aromatic nitrogens is 2. The van der Waals surface area contributed by atoms with Crippen LogP contribution in [0.25, 0.3) is 0 Å². The highest BCUT2D eigenvalue weighted by Gasteiger charge is 2.34. The molecule has 0 spiro atoms. The lowest BCUT2D eigenvalue weighted by molar-refractivity contribution is -0.145. The Morgan fingerprint density at radius 2 is 2.00 bits per heavy atom. The Morgan fingerprint density at radius 1 is 1.40 bits per heavy atom. The van der Waals surface area contributed by atoms with Crippen molar-refractivity contribution in [3.63, 3.8) is 0 Å². The molecule has 0 aliphatic carbocycles. The predicted molar refractivity (Wildman–Crippen MR) is 63.8 cm³/mol. The molecule has 1 aromatic rings. The summed E-state index contributed by atoms with van der Waals surface area (Å²) in [5.41, 5.74) is -0.992. The van der Waals surface area contributed by atoms with E-state index in [1.54, 1.807) is 4.90 Å². The highest BCUT2D eigenvalue weighted by atomic mass is 19.4. The number of rotatable bonds is 2. The zero-order chi connectivity index (χ0) is 14.9. The van der Waals surface area contributed by atoms with Gasteiger partial charge in [-0.1, -0.05) is 0 Å². The summed E-state index contributed by atoms with van der Waals surface area (Å²) in [7, 11) is 0. The first-order valence-electron chi connectivity index (χ1n) is 6.29. The number of hydrogen-bond donors (Lipinski definition) is 0. The molecule has 0 unspecified atom stereocenters. The number of hydrogen-bond acceptors (Lipinski definition) is 3. The van der Waals surface area contributed by atoms with Crippen molar-refractivity contribution < 1.29 is 22.7 Å². The molecule has 112 valence electrons. The fourth-order valence-corrected chi connectivity index (χ4v) is 2.22. The van der Waals surface area contributed by atoms with Crippen LogP contribution in [0.4, 0.5) is 13.2 Å². The molecule has 0 saturated carbocycles. The van der Waals surface area contributed by atoms with Crippen LogP contribution in [-0.4, -0.2) is 45.9 Å². The quantitative estimate of drug-likeness (QED) is 0.830. The number of ether oxygens (including phenoxy) is 1. The molecule has 1 amide bonds. The minimum absolute atomic E-state index is 0.0777. The smallest absolute Gasteiger partial charge is 0.372 e. The van der Waals surface area contributed by atoms with E-state index in [-0.39, 0.29) is 24.7 Å². The van der Waals surface area contributed by atoms with Crippen molar-refractivity contribution in [3.8, 4) is 0 Å². The van der Waals surface area contributed by atoms with Crippen molar-refractivity contribution in [2.24, 2.45) is 0 Å². The van der Waals surface area contributed by atoms with Crippen molar-refractivity contribution in [2.45, 2.75) is 38.8 Å². The number of morpholine rings is 1. The molecule has 1 fully saturated rings. The monoisotopic (exact) mass is 291 g/mol. The Morgan fingerprint density at radius 3 is 2.50 bits per heavy atom. The van der Waals surface area contributed by atoms with Crippen LogP contribution in [0.3, 0.4) is 0 Å². The Kier molecular flexibility index (Phi) is 4.03. The Hall–Kier alpha value is -1.57. The molecule has 2 rings (SSSR count). The van der Waals surface area contributed by atoms with Crippen LogP contribution in [0.15, 0.2) is 12.3 Å². The molecule has 20 heavy (non-hydrogen) atoms. The molecule has 0 aromatic carbocycles. The van der Waals surface area contributed by atoms with E-state index in [1.807, 2.05) is 13.8 Å². The Labute approximate surface area is 114 Å². The summed E-state index contributed by atoms with van der Waals surface area (Å²) in [4.78, 5) is 13.6. The van der Waals surface area contributed by atoms with Gasteiger partial charge in [0.05, 0.1) is 12.2 Å². The number of alkyl halides is 3. The van der Waals surface area contributed by atoms with Crippen molar-refractivity contribution in [3.05, 3.63) is 18.0 Å². The topological polar surface area (TPSA) is 47.4 Å². The molecule has 1 saturated heterocycles. The number of nitrogens with zero attached hydrogens (tertiary/aromatic N) is 3. The van der Waals surface area contributed by atoms with Gasteiger partial charge in [-0.3, -0.25) is 9.48 Å². The zero-order valence-corrected chi connectivity index (χ0v) is 11.2. The minimum Gasteiger partial charge on any atom is -0.372 e. The van der Waals surface area contributed by atoms with Gasteiger partial charge in [-0.2, -0.15) is 18.3 Å². The fourth-order valence-electron chi connectivity index (χ4n) is 2.22. The molecule has 2 heterocycles. The summed E-state index contributed by atoms with van der Waals surface area (Å²) in [6.07, 6.45) is -3.48. The summed E-state index contributed by atoms with van der Waals surface area (Å²) >= 11 is 0. The number of amides is 1. The Bertz CT molecular complexity index is 477. The van der Waals surface area contributed by atoms with Crippen LogP contribution in [0, 0.1) is 0 Å². The summed E-state index contributed by atoms with van der Waals surface area (Å²) in [6, 6.07) is 0.859. The molecule has 1 aliphatic heterocycles. The van der Waals surface area contributed by atoms with Crippen molar-refractivity contribution in [2.75, 3.05) is 13.1 Å². The largest absolute Gasteiger partial charge is 0.435 e. The molecular formula is C12H16F3N3O2. The van der Waals surface area contributed by atoms with Gasteiger partial charge in [0.25, 0.3) is 0 Å². The zero-order valence-electron chi connectivity index (χ0n) is 11.2. The van der Waals surface area contributed by atoms with Gasteiger partial charge in [0.15, 0.2) is 5.69 Å². The molecule has 0 N–H and O–H groups in total. The summed E-state index contributed by atoms with van der Waals surface area (Å²) in [5, 5.41) is 3.37. The lowest BCUT2D eigenvalue weighted by atomic mass is 10.2. The molecular weight excluding hydrogens is 275 g/mol. The summed E-state index contributed by atoms with van der Waals surface area (Å²) in [5.74, 6) is -0.260. The van der Waals surface area contributed by atoms with Crippen LogP contribution in [0.5, 0.6) is 0 Å². The lowest BCUT2D eigenvalue weighted by Gasteiger charge is -2.35. The molecule has 5 nitrogen and oxygen atoms in total. The Balaban J connectivity index is 1.99. The first-order chi connectivity index (χ1) is 9.25. The summed E-state index contributed by atoms with van der Waals surface area (Å²) < 4.78 is 43.7. The maximum Gasteiger partial charge on any atom is 0.435 e. The number of carbonyl (C=O) groups is 1. The van der Waals surface area contributed by atoms with Crippen LogP contribution >= 0.6 is 0 Å². The second kappa shape index (κ2) is 5.43. The lowest BCUT2D eigenvalue weighted by Crippen LogP contribution is -2.49. The standard InChI is InChI=1S/C12H16F3N3O2/c1-8-5-17(6-9(2)20-8)11(19)7-18-4-3-10(16-18)12(13,14)15/h3-4,8-9H,5-7H2,1-2H3/t8-,9-/m0/s1. The number of halogens is 3. The SMILES string of the molecule is C[C@H]1CN(C(=O)Cn2ccc(C(F)(F)F)n2)C[C@H](C)O1. The molecule has 1 aromatic heterocycles. The van der Waals surface area contributed by atoms with Crippen molar-refractivity contribution >= 4 is 5.91 Å². The van der Waals surface area contributed by atoms with E-state index in [0.717, 1.165) is 16.9 Å². The first kappa shape index (κ1) is 14.8. The molecule has 2 atom stereocenters. The van der Waals surface area contributed by atoms with Gasteiger partial charge >= 0.3 is 6.18 Å². The average Bonchev–Trinajstić information content (AvgIpc) is 2.75. The number of carbonyl (C=O) groups excluding carboxylic acids is 1. The molecule has 8 heteroatoms. The van der Waals surface area contributed by atoms with E-state index in [0.29, 0.717) is 13.1 Å². The van der Waals surface area contributed by atoms with Crippen molar-refractivity contribution in [1.82, 2.24) is 14.7 Å². The van der Waals surface area contributed by atoms with Crippen LogP contribution < -0.4 is 0 Å². The minimum atomic E-state index is -4.49. The maximum atomic E-state index is 12.4. The highest BCUT2D eigenvalue weighted by molar-refractivity contribution is 5.76. The molecule has 0 radical (unpaired) electrons. The van der Waals surface area contributed by atoms with E-state index in [9.17, 15) is 18.0 Å². The van der Waals surface area contributed by atoms with E-state index < -0.39 is 11.9 Å². The van der Waals surface area contributed by atoms with Crippen LogP contribution in [0.2, 0.25) is 0 Å². The van der Waals surface area contributed by atoms with Gasteiger partial charge in [0.1, 0.15) is 6.54 Å². The van der Waals surface area contributed by atoms with Gasteiger partial charge in [-0.05, 0) is 19.9 Å². The van der Waals surface area contributed by atoms with Gasteiger partial charge in [-0.15, -0.1) is 0 Å². The van der Waals surface area contributed by atoms with E-state index in [4.69, 9.17) is 4.74 Å². The average molecular weight is 291 g/mol. The maximum absolute atomic E-state index is 12.4. The molecule has 1 aliphatic rings. The first-order valence-corrected chi connectivity index (χ1v) is 6.29. The van der Waals surface area contributed by atoms with Crippen molar-refractivity contribution in [1.29, 1.82) is 0 Å². The van der Waals surface area contributed by atoms with E-state index in [2.05, 4.69) is 5.10 Å². The summed E-state index contributed by atoms with van der Waals surface area (Å²) in [6.45, 7) is 4.39. The van der Waals surface area contributed by atoms with Gasteiger partial charge in [0.2, 0.25) is 5.91 Å². The van der Waals surface area contributed by atoms with E-state index >= 15 is 0 Å². The highest BCUT2D eigenvalue weighted by Crippen LogP contribution is 2.27. The van der Waals surface area contributed by atoms with Crippen LogP contribution in [0.1, 0.15) is 19.5 Å². The third-order valence-electron chi connectivity index (χ3n) is 3.00. The van der Waals surface area contributed by atoms with Crippen LogP contribution in [-0.2, 0) is 22.3 Å². The van der Waals surface area contributed by atoms with Gasteiger partial charge in [0, 0.05) is 19.3 Å². The molecule has 0 bridgehead atoms. The predicted octanol–water partition coefficient (Wildman–Crippen LogP) is 1.54. The second-order valence-electron chi connectivity index (χ2n) is 4.95.